The molecule has 0 bridgehead atoms. The molecule has 0 saturated carbocycles. The highest BCUT2D eigenvalue weighted by molar-refractivity contribution is 5.79. The molecule has 0 aliphatic rings. The average molecular weight is 234 g/mol. The van der Waals surface area contributed by atoms with Gasteiger partial charge in [0.2, 0.25) is 5.88 Å². The summed E-state index contributed by atoms with van der Waals surface area (Å²) in [4.78, 5) is 8.50. The monoisotopic (exact) mass is 234 g/mol. The summed E-state index contributed by atoms with van der Waals surface area (Å²) in [5.41, 5.74) is 1.86. The first-order valence-corrected chi connectivity index (χ1v) is 5.92. The quantitative estimate of drug-likeness (QED) is 0.766. The van der Waals surface area contributed by atoms with Crippen molar-refractivity contribution < 1.29 is 4.74 Å². The van der Waals surface area contributed by atoms with E-state index in [0.29, 0.717) is 12.5 Å². The van der Waals surface area contributed by atoms with E-state index >= 15 is 0 Å². The van der Waals surface area contributed by atoms with Crippen molar-refractivity contribution >= 4 is 11.0 Å². The van der Waals surface area contributed by atoms with Gasteiger partial charge in [0.15, 0.2) is 5.52 Å². The summed E-state index contributed by atoms with van der Waals surface area (Å²) < 4.78 is 7.59. The Balaban J connectivity index is 1.99. The van der Waals surface area contributed by atoms with E-state index in [1.54, 1.807) is 12.5 Å². The molecular formula is C12H18N4O. The Bertz CT molecular complexity index is 480. The van der Waals surface area contributed by atoms with E-state index in [2.05, 4.69) is 22.2 Å². The molecular weight excluding hydrogens is 216 g/mol. The number of hydrogen-bond acceptors (Lipinski definition) is 4. The van der Waals surface area contributed by atoms with Gasteiger partial charge in [0, 0.05) is 19.8 Å². The average Bonchev–Trinajstić information content (AvgIpc) is 2.72. The Hall–Kier alpha value is -1.62. The van der Waals surface area contributed by atoms with Crippen LogP contribution >= 0.6 is 0 Å². The van der Waals surface area contributed by atoms with Gasteiger partial charge in [0.05, 0.1) is 11.8 Å². The highest BCUT2D eigenvalue weighted by Gasteiger charge is 2.07. The summed E-state index contributed by atoms with van der Waals surface area (Å²) in [6, 6.07) is 1.94. The van der Waals surface area contributed by atoms with Crippen LogP contribution in [-0.4, -0.2) is 34.2 Å². The first-order chi connectivity index (χ1) is 8.33. The fraction of sp³-hybridized carbons (Fsp3) is 0.500. The van der Waals surface area contributed by atoms with Crippen molar-refractivity contribution in [2.75, 3.05) is 19.7 Å². The largest absolute Gasteiger partial charge is 0.475 e. The van der Waals surface area contributed by atoms with Crippen LogP contribution in [0, 0.1) is 0 Å². The molecule has 0 fully saturated rings. The number of pyridine rings is 1. The third-order valence-electron chi connectivity index (χ3n) is 2.55. The molecule has 5 heteroatoms. The van der Waals surface area contributed by atoms with Crippen LogP contribution in [0.15, 0.2) is 18.6 Å². The molecule has 17 heavy (non-hydrogen) atoms. The predicted octanol–water partition coefficient (Wildman–Crippen LogP) is 1.35. The lowest BCUT2D eigenvalue weighted by Gasteiger charge is -2.06. The number of imidazole rings is 1. The number of nitrogens with one attached hydrogen (secondary N) is 1. The normalized spacial score (nSPS) is 10.9. The molecule has 0 amide bonds. The fourth-order valence-corrected chi connectivity index (χ4v) is 1.66. The van der Waals surface area contributed by atoms with Crippen LogP contribution in [0.4, 0.5) is 0 Å². The minimum Gasteiger partial charge on any atom is -0.475 e. The van der Waals surface area contributed by atoms with E-state index < -0.39 is 0 Å². The molecule has 0 unspecified atom stereocenters. The number of fused-ring (bicyclic) bond motifs is 1. The van der Waals surface area contributed by atoms with Crippen molar-refractivity contribution in [3.05, 3.63) is 18.6 Å². The molecule has 0 atom stereocenters. The lowest BCUT2D eigenvalue weighted by molar-refractivity contribution is 0.306. The zero-order valence-corrected chi connectivity index (χ0v) is 10.3. The highest BCUT2D eigenvalue weighted by atomic mass is 16.5. The predicted molar refractivity (Wildman–Crippen MR) is 67.2 cm³/mol. The first-order valence-electron chi connectivity index (χ1n) is 5.92. The van der Waals surface area contributed by atoms with Gasteiger partial charge in [0.25, 0.3) is 0 Å². The molecule has 0 aliphatic carbocycles. The Morgan fingerprint density at radius 1 is 1.35 bits per heavy atom. The summed E-state index contributed by atoms with van der Waals surface area (Å²) in [6.45, 7) is 4.61. The number of rotatable bonds is 6. The first kappa shape index (κ1) is 11.9. The van der Waals surface area contributed by atoms with Gasteiger partial charge in [-0.25, -0.2) is 9.97 Å². The molecule has 5 nitrogen and oxygen atoms in total. The maximum Gasteiger partial charge on any atom is 0.242 e. The summed E-state index contributed by atoms with van der Waals surface area (Å²) in [5, 5.41) is 3.28. The maximum atomic E-state index is 5.63. The lowest BCUT2D eigenvalue weighted by Crippen LogP contribution is -2.21. The second-order valence-corrected chi connectivity index (χ2v) is 3.94. The smallest absolute Gasteiger partial charge is 0.242 e. The van der Waals surface area contributed by atoms with Crippen molar-refractivity contribution in [2.45, 2.75) is 13.3 Å². The van der Waals surface area contributed by atoms with Gasteiger partial charge in [-0.2, -0.15) is 0 Å². The van der Waals surface area contributed by atoms with Crippen molar-refractivity contribution in [3.8, 4) is 5.88 Å². The summed E-state index contributed by atoms with van der Waals surface area (Å²) in [6.07, 6.45) is 4.65. The summed E-state index contributed by atoms with van der Waals surface area (Å²) in [7, 11) is 1.96. The van der Waals surface area contributed by atoms with E-state index in [9.17, 15) is 0 Å². The molecule has 0 spiro atoms. The molecule has 0 aromatic carbocycles. The second-order valence-electron chi connectivity index (χ2n) is 3.94. The third-order valence-corrected chi connectivity index (χ3v) is 2.55. The number of aromatic nitrogens is 3. The van der Waals surface area contributed by atoms with Gasteiger partial charge in [-0.1, -0.05) is 6.92 Å². The van der Waals surface area contributed by atoms with E-state index in [1.807, 2.05) is 17.7 Å². The van der Waals surface area contributed by atoms with Gasteiger partial charge < -0.3 is 14.6 Å². The van der Waals surface area contributed by atoms with E-state index in [1.165, 1.54) is 0 Å². The van der Waals surface area contributed by atoms with Crippen molar-refractivity contribution in [2.24, 2.45) is 7.05 Å². The molecule has 0 saturated heterocycles. The Morgan fingerprint density at radius 3 is 3.06 bits per heavy atom. The van der Waals surface area contributed by atoms with Gasteiger partial charge in [-0.3, -0.25) is 0 Å². The van der Waals surface area contributed by atoms with Gasteiger partial charge in [-0.15, -0.1) is 0 Å². The van der Waals surface area contributed by atoms with Gasteiger partial charge in [-0.05, 0) is 19.0 Å². The van der Waals surface area contributed by atoms with Crippen LogP contribution in [0.1, 0.15) is 13.3 Å². The number of aryl methyl sites for hydroxylation is 1. The Morgan fingerprint density at radius 2 is 2.24 bits per heavy atom. The SMILES string of the molecule is CCCNCCOc1nccc2c1ncn2C. The van der Waals surface area contributed by atoms with Crippen molar-refractivity contribution in [1.82, 2.24) is 19.9 Å². The molecule has 1 N–H and O–H groups in total. The van der Waals surface area contributed by atoms with Crippen LogP contribution < -0.4 is 10.1 Å². The molecule has 0 radical (unpaired) electrons. The molecule has 2 aromatic heterocycles. The third kappa shape index (κ3) is 2.74. The zero-order chi connectivity index (χ0) is 12.1. The van der Waals surface area contributed by atoms with Gasteiger partial charge >= 0.3 is 0 Å². The summed E-state index contributed by atoms with van der Waals surface area (Å²) in [5.74, 6) is 0.612. The molecule has 2 rings (SSSR count). The minimum absolute atomic E-state index is 0.612. The van der Waals surface area contributed by atoms with Crippen molar-refractivity contribution in [1.29, 1.82) is 0 Å². The lowest BCUT2D eigenvalue weighted by atomic mass is 10.4. The molecule has 0 aliphatic heterocycles. The van der Waals surface area contributed by atoms with E-state index in [4.69, 9.17) is 4.74 Å². The van der Waals surface area contributed by atoms with E-state index in [-0.39, 0.29) is 0 Å². The second kappa shape index (κ2) is 5.63. The Labute approximate surface area is 101 Å². The number of ether oxygens (including phenoxy) is 1. The van der Waals surface area contributed by atoms with Crippen LogP contribution in [-0.2, 0) is 7.05 Å². The minimum atomic E-state index is 0.612. The molecule has 2 aromatic rings. The standard InChI is InChI=1S/C12H18N4O/c1-3-5-13-7-8-17-12-11-10(4-6-14-12)16(2)9-15-11/h4,6,9,13H,3,5,7-8H2,1-2H3. The topological polar surface area (TPSA) is 52.0 Å². The fourth-order valence-electron chi connectivity index (χ4n) is 1.66. The van der Waals surface area contributed by atoms with Crippen LogP contribution in [0.2, 0.25) is 0 Å². The van der Waals surface area contributed by atoms with Gasteiger partial charge in [0.1, 0.15) is 6.61 Å². The summed E-state index contributed by atoms with van der Waals surface area (Å²) >= 11 is 0. The number of nitrogens with zero attached hydrogens (tertiary/aromatic N) is 3. The zero-order valence-electron chi connectivity index (χ0n) is 10.3. The van der Waals surface area contributed by atoms with Crippen LogP contribution in [0.5, 0.6) is 5.88 Å². The Kier molecular flexibility index (Phi) is 3.93. The van der Waals surface area contributed by atoms with Crippen molar-refractivity contribution in [3.63, 3.8) is 0 Å². The molecule has 92 valence electrons. The van der Waals surface area contributed by atoms with Crippen LogP contribution in [0.25, 0.3) is 11.0 Å². The van der Waals surface area contributed by atoms with E-state index in [0.717, 1.165) is 30.5 Å². The number of hydrogen-bond donors (Lipinski definition) is 1. The highest BCUT2D eigenvalue weighted by Crippen LogP contribution is 2.20. The molecule has 2 heterocycles. The maximum absolute atomic E-state index is 5.63. The van der Waals surface area contributed by atoms with Crippen LogP contribution in [0.3, 0.4) is 0 Å².